The summed E-state index contributed by atoms with van der Waals surface area (Å²) in [6, 6.07) is 0. The monoisotopic (exact) mass is 145 g/mol. The van der Waals surface area contributed by atoms with E-state index in [2.05, 4.69) is 18.7 Å². The molecule has 0 amide bonds. The van der Waals surface area contributed by atoms with Gasteiger partial charge in [0, 0.05) is 5.92 Å². The Morgan fingerprint density at radius 2 is 1.90 bits per heavy atom. The van der Waals surface area contributed by atoms with Crippen molar-refractivity contribution in [2.45, 2.75) is 40.2 Å². The van der Waals surface area contributed by atoms with Crippen LogP contribution in [0, 0.1) is 11.8 Å². The van der Waals surface area contributed by atoms with Crippen LogP contribution < -0.4 is 0 Å². The van der Waals surface area contributed by atoms with Gasteiger partial charge in [-0.25, -0.2) is 4.89 Å². The van der Waals surface area contributed by atoms with E-state index in [-0.39, 0.29) is 6.10 Å². The van der Waals surface area contributed by atoms with Gasteiger partial charge in [-0.3, -0.25) is 5.26 Å². The highest BCUT2D eigenvalue weighted by Gasteiger charge is 2.15. The Labute approximate surface area is 63.1 Å². The van der Waals surface area contributed by atoms with Gasteiger partial charge in [0.1, 0.15) is 0 Å². The predicted molar refractivity (Wildman–Crippen MR) is 41.5 cm³/mol. The first-order valence-corrected chi connectivity index (χ1v) is 3.68. The summed E-state index contributed by atoms with van der Waals surface area (Å²) in [6.45, 7) is 8.14. The molecular weight excluding hydrogens is 128 g/mol. The van der Waals surface area contributed by atoms with Crippen LogP contribution in [0.2, 0.25) is 0 Å². The molecule has 0 rings (SSSR count). The largest absolute Gasteiger partial charge is 0.252 e. The van der Waals surface area contributed by atoms with Crippen LogP contribution in [0.5, 0.6) is 0 Å². The summed E-state index contributed by atoms with van der Waals surface area (Å²) in [5, 5.41) is 8.42. The lowest BCUT2D eigenvalue weighted by Gasteiger charge is -2.18. The minimum Gasteiger partial charge on any atom is -0.252 e. The molecule has 0 saturated carbocycles. The van der Waals surface area contributed by atoms with Crippen molar-refractivity contribution in [3.63, 3.8) is 0 Å². The average molecular weight is 145 g/mol. The Kier molecular flexibility index (Phi) is 4.65. The lowest BCUT2D eigenvalue weighted by atomic mass is 9.98. The smallest absolute Gasteiger partial charge is 0.0986 e. The lowest BCUT2D eigenvalue weighted by Crippen LogP contribution is -2.18. The van der Waals surface area contributed by atoms with E-state index in [0.29, 0.717) is 5.92 Å². The topological polar surface area (TPSA) is 29.5 Å². The van der Waals surface area contributed by atoms with Crippen molar-refractivity contribution >= 4 is 0 Å². The summed E-state index contributed by atoms with van der Waals surface area (Å²) in [7, 11) is 0. The zero-order valence-corrected chi connectivity index (χ0v) is 7.22. The van der Waals surface area contributed by atoms with E-state index in [1.807, 2.05) is 13.8 Å². The number of hydrogen-bond acceptors (Lipinski definition) is 2. The summed E-state index contributed by atoms with van der Waals surface area (Å²) < 4.78 is 0. The lowest BCUT2D eigenvalue weighted by molar-refractivity contribution is -0.276. The summed E-state index contributed by atoms with van der Waals surface area (Å²) in [5.41, 5.74) is 0. The van der Waals surface area contributed by atoms with Crippen LogP contribution in [0.15, 0.2) is 0 Å². The van der Waals surface area contributed by atoms with Gasteiger partial charge in [0.05, 0.1) is 6.10 Å². The predicted octanol–water partition coefficient (Wildman–Crippen LogP) is 2.50. The van der Waals surface area contributed by atoms with Gasteiger partial charge in [0.15, 0.2) is 0 Å². The molecular formula is C8H17O2. The van der Waals surface area contributed by atoms with E-state index in [1.165, 1.54) is 0 Å². The Morgan fingerprint density at radius 3 is 2.00 bits per heavy atom. The van der Waals surface area contributed by atoms with Crippen LogP contribution in [0.4, 0.5) is 0 Å². The van der Waals surface area contributed by atoms with Crippen LogP contribution in [0.3, 0.4) is 0 Å². The molecule has 0 aromatic rings. The van der Waals surface area contributed by atoms with Crippen molar-refractivity contribution in [1.29, 1.82) is 0 Å². The maximum atomic E-state index is 8.42. The molecule has 1 atom stereocenters. The minimum absolute atomic E-state index is 0.0833. The van der Waals surface area contributed by atoms with E-state index in [4.69, 9.17) is 5.26 Å². The van der Waals surface area contributed by atoms with Crippen molar-refractivity contribution in [2.75, 3.05) is 0 Å². The zero-order chi connectivity index (χ0) is 8.15. The fourth-order valence-corrected chi connectivity index (χ4v) is 0.812. The van der Waals surface area contributed by atoms with Crippen molar-refractivity contribution in [3.8, 4) is 0 Å². The SMILES string of the molecule is C[C](C)C(CC(C)C)OO. The molecule has 2 nitrogen and oxygen atoms in total. The van der Waals surface area contributed by atoms with Gasteiger partial charge in [-0.05, 0) is 12.3 Å². The average Bonchev–Trinajstić information content (AvgIpc) is 1.81. The van der Waals surface area contributed by atoms with Crippen LogP contribution in [-0.2, 0) is 4.89 Å². The van der Waals surface area contributed by atoms with Gasteiger partial charge in [-0.1, -0.05) is 27.7 Å². The first-order chi connectivity index (χ1) is 4.57. The molecule has 1 unspecified atom stereocenters. The normalized spacial score (nSPS) is 14.7. The third-order valence-electron chi connectivity index (χ3n) is 1.46. The van der Waals surface area contributed by atoms with Crippen LogP contribution in [0.25, 0.3) is 0 Å². The molecule has 0 heterocycles. The molecule has 0 bridgehead atoms. The quantitative estimate of drug-likeness (QED) is 0.486. The Balaban J connectivity index is 3.60. The minimum atomic E-state index is -0.0833. The van der Waals surface area contributed by atoms with E-state index in [9.17, 15) is 0 Å². The van der Waals surface area contributed by atoms with E-state index in [0.717, 1.165) is 12.3 Å². The zero-order valence-electron chi connectivity index (χ0n) is 7.22. The third-order valence-corrected chi connectivity index (χ3v) is 1.46. The van der Waals surface area contributed by atoms with Gasteiger partial charge >= 0.3 is 0 Å². The highest BCUT2D eigenvalue weighted by atomic mass is 17.1. The van der Waals surface area contributed by atoms with Crippen LogP contribution >= 0.6 is 0 Å². The second-order valence-corrected chi connectivity index (χ2v) is 3.30. The Morgan fingerprint density at radius 1 is 1.40 bits per heavy atom. The second-order valence-electron chi connectivity index (χ2n) is 3.30. The molecule has 0 aliphatic carbocycles. The molecule has 0 aromatic heterocycles. The number of hydrogen-bond donors (Lipinski definition) is 1. The highest BCUT2D eigenvalue weighted by Crippen LogP contribution is 2.16. The van der Waals surface area contributed by atoms with Crippen molar-refractivity contribution in [1.82, 2.24) is 0 Å². The van der Waals surface area contributed by atoms with Crippen LogP contribution in [-0.4, -0.2) is 11.4 Å². The summed E-state index contributed by atoms with van der Waals surface area (Å²) in [4.78, 5) is 4.29. The summed E-state index contributed by atoms with van der Waals surface area (Å²) in [6.07, 6.45) is 0.804. The van der Waals surface area contributed by atoms with Crippen molar-refractivity contribution in [3.05, 3.63) is 5.92 Å². The highest BCUT2D eigenvalue weighted by molar-refractivity contribution is 4.87. The first kappa shape index (κ1) is 9.92. The second kappa shape index (κ2) is 4.69. The van der Waals surface area contributed by atoms with Crippen molar-refractivity contribution in [2.24, 2.45) is 5.92 Å². The van der Waals surface area contributed by atoms with Gasteiger partial charge in [-0.2, -0.15) is 0 Å². The van der Waals surface area contributed by atoms with E-state index < -0.39 is 0 Å². The van der Waals surface area contributed by atoms with Gasteiger partial charge in [0.2, 0.25) is 0 Å². The Bertz CT molecular complexity index is 79.3. The molecule has 0 spiro atoms. The van der Waals surface area contributed by atoms with Crippen molar-refractivity contribution < 1.29 is 10.1 Å². The molecule has 0 fully saturated rings. The molecule has 1 radical (unpaired) electrons. The maximum absolute atomic E-state index is 8.42. The molecule has 0 aromatic carbocycles. The maximum Gasteiger partial charge on any atom is 0.0986 e. The third kappa shape index (κ3) is 3.85. The summed E-state index contributed by atoms with van der Waals surface area (Å²) in [5.74, 6) is 1.68. The fourth-order valence-electron chi connectivity index (χ4n) is 0.812. The molecule has 0 saturated heterocycles. The Hall–Kier alpha value is -0.0800. The van der Waals surface area contributed by atoms with Gasteiger partial charge < -0.3 is 0 Å². The standard InChI is InChI=1S/C8H17O2/c1-6(2)5-8(10-9)7(3)4/h6,8-9H,5H2,1-4H3. The molecule has 1 N–H and O–H groups in total. The van der Waals surface area contributed by atoms with Crippen LogP contribution in [0.1, 0.15) is 34.1 Å². The number of rotatable bonds is 4. The first-order valence-electron chi connectivity index (χ1n) is 3.68. The molecule has 0 aliphatic heterocycles. The molecule has 61 valence electrons. The molecule has 0 aliphatic rings. The fraction of sp³-hybridized carbons (Fsp3) is 0.875. The van der Waals surface area contributed by atoms with Gasteiger partial charge in [0.25, 0.3) is 0 Å². The van der Waals surface area contributed by atoms with E-state index >= 15 is 0 Å². The molecule has 10 heavy (non-hydrogen) atoms. The summed E-state index contributed by atoms with van der Waals surface area (Å²) >= 11 is 0. The van der Waals surface area contributed by atoms with Gasteiger partial charge in [-0.15, -0.1) is 0 Å². The van der Waals surface area contributed by atoms with E-state index in [1.54, 1.807) is 0 Å². The molecule has 2 heteroatoms.